The molecule has 8 nitrogen and oxygen atoms in total. The first-order valence-electron chi connectivity index (χ1n) is 8.11. The first kappa shape index (κ1) is 20.8. The van der Waals surface area contributed by atoms with Crippen LogP contribution < -0.4 is 14.2 Å². The van der Waals surface area contributed by atoms with E-state index in [0.717, 1.165) is 5.56 Å². The summed E-state index contributed by atoms with van der Waals surface area (Å²) >= 11 is 0. The highest BCUT2D eigenvalue weighted by molar-refractivity contribution is 5.97. The van der Waals surface area contributed by atoms with Crippen molar-refractivity contribution in [2.75, 3.05) is 28.4 Å². The smallest absolute Gasteiger partial charge is 0.343 e. The first-order chi connectivity index (χ1) is 13.3. The van der Waals surface area contributed by atoms with Crippen LogP contribution in [0.4, 0.5) is 0 Å². The van der Waals surface area contributed by atoms with Gasteiger partial charge in [0, 0.05) is 5.56 Å². The van der Waals surface area contributed by atoms with Gasteiger partial charge in [-0.15, -0.1) is 0 Å². The Bertz CT molecular complexity index is 857. The van der Waals surface area contributed by atoms with Gasteiger partial charge >= 0.3 is 17.9 Å². The summed E-state index contributed by atoms with van der Waals surface area (Å²) in [6.45, 7) is 1.79. The summed E-state index contributed by atoms with van der Waals surface area (Å²) in [7, 11) is 5.34. The van der Waals surface area contributed by atoms with Crippen molar-refractivity contribution in [1.82, 2.24) is 0 Å². The minimum atomic E-state index is -0.727. The van der Waals surface area contributed by atoms with Crippen LogP contribution in [-0.4, -0.2) is 46.3 Å². The average molecular weight is 388 g/mol. The average Bonchev–Trinajstić information content (AvgIpc) is 2.72. The summed E-state index contributed by atoms with van der Waals surface area (Å²) in [5.41, 5.74) is 0.962. The predicted molar refractivity (Wildman–Crippen MR) is 98.4 cm³/mol. The van der Waals surface area contributed by atoms with Crippen molar-refractivity contribution in [3.8, 4) is 17.2 Å². The molecule has 0 aromatic heterocycles. The quantitative estimate of drug-likeness (QED) is 0.550. The molecule has 0 radical (unpaired) electrons. The molecule has 148 valence electrons. The van der Waals surface area contributed by atoms with Gasteiger partial charge in [-0.25, -0.2) is 14.4 Å². The monoisotopic (exact) mass is 388 g/mol. The van der Waals surface area contributed by atoms with E-state index in [1.165, 1.54) is 58.8 Å². The maximum atomic E-state index is 12.6. The fourth-order valence-electron chi connectivity index (χ4n) is 2.50. The minimum Gasteiger partial charge on any atom is -0.496 e. The van der Waals surface area contributed by atoms with Gasteiger partial charge in [0.2, 0.25) is 0 Å². The fraction of sp³-hybridized carbons (Fsp3) is 0.250. The molecule has 2 aromatic carbocycles. The molecule has 0 N–H and O–H groups in total. The van der Waals surface area contributed by atoms with Crippen LogP contribution in [-0.2, 0) is 9.47 Å². The third-order valence-electron chi connectivity index (χ3n) is 3.95. The Labute approximate surface area is 161 Å². The molecule has 0 heterocycles. The zero-order valence-corrected chi connectivity index (χ0v) is 16.2. The van der Waals surface area contributed by atoms with Crippen LogP contribution in [0.15, 0.2) is 30.3 Å². The van der Waals surface area contributed by atoms with Crippen LogP contribution in [0.3, 0.4) is 0 Å². The Morgan fingerprint density at radius 1 is 0.643 bits per heavy atom. The van der Waals surface area contributed by atoms with E-state index in [9.17, 15) is 14.4 Å². The number of methoxy groups -OCH3 is 4. The number of carbonyl (C=O) groups is 3. The lowest BCUT2D eigenvalue weighted by Gasteiger charge is -2.13. The molecule has 0 bridgehead atoms. The molecule has 28 heavy (non-hydrogen) atoms. The largest absolute Gasteiger partial charge is 0.496 e. The van der Waals surface area contributed by atoms with Gasteiger partial charge in [-0.05, 0) is 37.3 Å². The molecule has 0 saturated carbocycles. The molecule has 0 aliphatic rings. The summed E-state index contributed by atoms with van der Waals surface area (Å²) in [4.78, 5) is 36.3. The van der Waals surface area contributed by atoms with Crippen LogP contribution in [0.2, 0.25) is 0 Å². The summed E-state index contributed by atoms with van der Waals surface area (Å²) < 4.78 is 25.2. The minimum absolute atomic E-state index is 0.0215. The number of hydrogen-bond donors (Lipinski definition) is 0. The number of benzene rings is 2. The molecular weight excluding hydrogens is 368 g/mol. The van der Waals surface area contributed by atoms with Crippen molar-refractivity contribution in [3.05, 3.63) is 52.6 Å². The van der Waals surface area contributed by atoms with E-state index in [1.807, 2.05) is 0 Å². The van der Waals surface area contributed by atoms with Crippen molar-refractivity contribution in [3.63, 3.8) is 0 Å². The summed E-state index contributed by atoms with van der Waals surface area (Å²) in [5, 5.41) is 0. The van der Waals surface area contributed by atoms with Gasteiger partial charge < -0.3 is 23.7 Å². The van der Waals surface area contributed by atoms with Crippen molar-refractivity contribution in [2.24, 2.45) is 0 Å². The van der Waals surface area contributed by atoms with Crippen molar-refractivity contribution in [2.45, 2.75) is 6.92 Å². The number of esters is 3. The number of hydrogen-bond acceptors (Lipinski definition) is 8. The highest BCUT2D eigenvalue weighted by Crippen LogP contribution is 2.30. The summed E-state index contributed by atoms with van der Waals surface area (Å²) in [6.07, 6.45) is 0. The molecule has 8 heteroatoms. The highest BCUT2D eigenvalue weighted by Gasteiger charge is 2.19. The molecule has 0 spiro atoms. The lowest BCUT2D eigenvalue weighted by atomic mass is 10.1. The van der Waals surface area contributed by atoms with Crippen LogP contribution in [0.25, 0.3) is 0 Å². The predicted octanol–water partition coefficient (Wildman–Crippen LogP) is 2.80. The van der Waals surface area contributed by atoms with E-state index < -0.39 is 17.9 Å². The van der Waals surface area contributed by atoms with E-state index in [0.29, 0.717) is 11.5 Å². The standard InChI is InChI=1S/C20H20O8/c1-11-16(24-2)9-14(10-17(11)25-3)20(23)28-15-7-12(18(21)26-4)6-13(8-15)19(22)27-5/h6-10H,1-5H3. The van der Waals surface area contributed by atoms with Gasteiger partial charge in [-0.2, -0.15) is 0 Å². The van der Waals surface area contributed by atoms with E-state index >= 15 is 0 Å². The Hall–Kier alpha value is -3.55. The molecule has 2 aromatic rings. The maximum absolute atomic E-state index is 12.6. The maximum Gasteiger partial charge on any atom is 0.343 e. The number of ether oxygens (including phenoxy) is 5. The Morgan fingerprint density at radius 3 is 1.46 bits per heavy atom. The van der Waals surface area contributed by atoms with E-state index in [1.54, 1.807) is 6.92 Å². The Morgan fingerprint density at radius 2 is 1.07 bits per heavy atom. The van der Waals surface area contributed by atoms with Crippen molar-refractivity contribution in [1.29, 1.82) is 0 Å². The molecule has 0 saturated heterocycles. The van der Waals surface area contributed by atoms with E-state index in [-0.39, 0.29) is 22.4 Å². The zero-order chi connectivity index (χ0) is 20.8. The molecular formula is C20H20O8. The highest BCUT2D eigenvalue weighted by atomic mass is 16.5. The van der Waals surface area contributed by atoms with Crippen molar-refractivity contribution < 1.29 is 38.1 Å². The second-order valence-electron chi connectivity index (χ2n) is 5.62. The molecule has 0 unspecified atom stereocenters. The lowest BCUT2D eigenvalue weighted by molar-refractivity contribution is 0.0593. The molecule has 0 aliphatic carbocycles. The lowest BCUT2D eigenvalue weighted by Crippen LogP contribution is -2.12. The van der Waals surface area contributed by atoms with E-state index in [2.05, 4.69) is 9.47 Å². The Balaban J connectivity index is 2.43. The first-order valence-corrected chi connectivity index (χ1v) is 8.11. The summed E-state index contributed by atoms with van der Waals surface area (Å²) in [6, 6.07) is 6.88. The van der Waals surface area contributed by atoms with Gasteiger partial charge in [0.15, 0.2) is 0 Å². The Kier molecular flexibility index (Phi) is 6.59. The molecule has 0 fully saturated rings. The van der Waals surface area contributed by atoms with Gasteiger partial charge in [-0.3, -0.25) is 0 Å². The molecule has 0 amide bonds. The third-order valence-corrected chi connectivity index (χ3v) is 3.95. The topological polar surface area (TPSA) is 97.4 Å². The van der Waals surface area contributed by atoms with Gasteiger partial charge in [0.1, 0.15) is 17.2 Å². The van der Waals surface area contributed by atoms with Gasteiger partial charge in [-0.1, -0.05) is 0 Å². The van der Waals surface area contributed by atoms with Gasteiger partial charge in [0.25, 0.3) is 0 Å². The van der Waals surface area contributed by atoms with Crippen LogP contribution in [0.5, 0.6) is 17.2 Å². The van der Waals surface area contributed by atoms with Crippen molar-refractivity contribution >= 4 is 17.9 Å². The molecule has 0 aliphatic heterocycles. The van der Waals surface area contributed by atoms with Gasteiger partial charge in [0.05, 0.1) is 45.1 Å². The molecule has 2 rings (SSSR count). The SMILES string of the molecule is COC(=O)c1cc(OC(=O)c2cc(OC)c(C)c(OC)c2)cc(C(=O)OC)c1. The number of rotatable bonds is 6. The second-order valence-corrected chi connectivity index (χ2v) is 5.62. The molecule has 0 atom stereocenters. The third kappa shape index (κ3) is 4.40. The van der Waals surface area contributed by atoms with E-state index in [4.69, 9.17) is 14.2 Å². The van der Waals surface area contributed by atoms with Crippen LogP contribution in [0.1, 0.15) is 36.6 Å². The second kappa shape index (κ2) is 8.90. The fourth-order valence-corrected chi connectivity index (χ4v) is 2.50. The van der Waals surface area contributed by atoms with Crippen LogP contribution in [0, 0.1) is 6.92 Å². The zero-order valence-electron chi connectivity index (χ0n) is 16.2. The van der Waals surface area contributed by atoms with Crippen LogP contribution >= 0.6 is 0 Å². The summed E-state index contributed by atoms with van der Waals surface area (Å²) in [5.74, 6) is -1.24. The number of carbonyl (C=O) groups excluding carboxylic acids is 3. The normalized spacial score (nSPS) is 10.0.